The van der Waals surface area contributed by atoms with Crippen LogP contribution in [-0.4, -0.2) is 35.9 Å². The molecule has 2 unspecified atom stereocenters. The van der Waals surface area contributed by atoms with Gasteiger partial charge in [-0.2, -0.15) is 0 Å². The standard InChI is InChI=1S/C15H24O5/c1-3-19-13(18)14(2,12(16)17)11-6-9-20-15(10-11)7-4-5-8-15/h11H,3-10H2,1-2H3,(H,16,17). The van der Waals surface area contributed by atoms with E-state index in [0.717, 1.165) is 25.7 Å². The molecule has 1 aliphatic heterocycles. The minimum absolute atomic E-state index is 0.202. The van der Waals surface area contributed by atoms with Gasteiger partial charge in [0.1, 0.15) is 0 Å². The molecule has 5 heteroatoms. The topological polar surface area (TPSA) is 72.8 Å². The zero-order valence-electron chi connectivity index (χ0n) is 12.3. The molecule has 0 aromatic heterocycles. The fraction of sp³-hybridized carbons (Fsp3) is 0.867. The van der Waals surface area contributed by atoms with Crippen molar-refractivity contribution in [3.8, 4) is 0 Å². The van der Waals surface area contributed by atoms with Crippen LogP contribution in [0.1, 0.15) is 52.4 Å². The molecule has 0 amide bonds. The molecular formula is C15H24O5. The molecule has 0 bridgehead atoms. The molecule has 1 heterocycles. The van der Waals surface area contributed by atoms with E-state index in [0.29, 0.717) is 19.4 Å². The molecule has 114 valence electrons. The maximum Gasteiger partial charge on any atom is 0.323 e. The third-order valence-electron chi connectivity index (χ3n) is 4.97. The van der Waals surface area contributed by atoms with Crippen molar-refractivity contribution >= 4 is 11.9 Å². The van der Waals surface area contributed by atoms with Crippen LogP contribution in [0, 0.1) is 11.3 Å². The molecule has 1 aliphatic carbocycles. The highest BCUT2D eigenvalue weighted by atomic mass is 16.5. The molecule has 0 aromatic rings. The van der Waals surface area contributed by atoms with Crippen LogP contribution in [-0.2, 0) is 19.1 Å². The van der Waals surface area contributed by atoms with Crippen LogP contribution in [0.4, 0.5) is 0 Å². The summed E-state index contributed by atoms with van der Waals surface area (Å²) in [5.74, 6) is -1.92. The summed E-state index contributed by atoms with van der Waals surface area (Å²) < 4.78 is 10.9. The highest BCUT2D eigenvalue weighted by molar-refractivity contribution is 5.99. The Morgan fingerprint density at radius 2 is 2.05 bits per heavy atom. The van der Waals surface area contributed by atoms with E-state index in [1.54, 1.807) is 6.92 Å². The molecule has 5 nitrogen and oxygen atoms in total. The van der Waals surface area contributed by atoms with Crippen molar-refractivity contribution in [2.75, 3.05) is 13.2 Å². The fourth-order valence-corrected chi connectivity index (χ4v) is 3.60. The van der Waals surface area contributed by atoms with Crippen molar-refractivity contribution in [2.45, 2.75) is 58.0 Å². The third-order valence-corrected chi connectivity index (χ3v) is 4.97. The second-order valence-electron chi connectivity index (χ2n) is 6.16. The van der Waals surface area contributed by atoms with Gasteiger partial charge in [-0.3, -0.25) is 9.59 Å². The number of hydrogen-bond donors (Lipinski definition) is 1. The van der Waals surface area contributed by atoms with Gasteiger partial charge in [0.05, 0.1) is 12.2 Å². The second kappa shape index (κ2) is 5.72. The van der Waals surface area contributed by atoms with Crippen LogP contribution in [0.2, 0.25) is 0 Å². The van der Waals surface area contributed by atoms with E-state index in [9.17, 15) is 14.7 Å². The predicted octanol–water partition coefficient (Wildman–Crippen LogP) is 2.38. The predicted molar refractivity (Wildman–Crippen MR) is 72.3 cm³/mol. The van der Waals surface area contributed by atoms with Gasteiger partial charge in [0.2, 0.25) is 0 Å². The monoisotopic (exact) mass is 284 g/mol. The van der Waals surface area contributed by atoms with Gasteiger partial charge in [0.25, 0.3) is 0 Å². The average molecular weight is 284 g/mol. The SMILES string of the molecule is CCOC(=O)C(C)(C(=O)O)C1CCOC2(CCCC2)C1. The molecule has 2 rings (SSSR count). The first kappa shape index (κ1) is 15.3. The minimum Gasteiger partial charge on any atom is -0.480 e. The molecule has 0 aromatic carbocycles. The molecule has 1 saturated carbocycles. The van der Waals surface area contributed by atoms with E-state index in [-0.39, 0.29) is 18.1 Å². The summed E-state index contributed by atoms with van der Waals surface area (Å²) in [6.45, 7) is 3.94. The summed E-state index contributed by atoms with van der Waals surface area (Å²) in [5, 5.41) is 9.57. The zero-order valence-corrected chi connectivity index (χ0v) is 12.3. The molecule has 2 aliphatic rings. The summed E-state index contributed by atoms with van der Waals surface area (Å²) >= 11 is 0. The Morgan fingerprint density at radius 1 is 1.40 bits per heavy atom. The summed E-state index contributed by atoms with van der Waals surface area (Å²) in [5.41, 5.74) is -1.67. The van der Waals surface area contributed by atoms with Gasteiger partial charge < -0.3 is 14.6 Å². The Balaban J connectivity index is 2.20. The Hall–Kier alpha value is -1.10. The van der Waals surface area contributed by atoms with Crippen molar-refractivity contribution < 1.29 is 24.2 Å². The zero-order chi connectivity index (χ0) is 14.8. The molecule has 1 N–H and O–H groups in total. The molecule has 2 fully saturated rings. The lowest BCUT2D eigenvalue weighted by Crippen LogP contribution is -2.50. The molecule has 1 spiro atoms. The van der Waals surface area contributed by atoms with Gasteiger partial charge in [-0.1, -0.05) is 12.8 Å². The molecule has 0 radical (unpaired) electrons. The van der Waals surface area contributed by atoms with Gasteiger partial charge in [-0.25, -0.2) is 0 Å². The summed E-state index contributed by atoms with van der Waals surface area (Å²) in [7, 11) is 0. The number of carbonyl (C=O) groups excluding carboxylic acids is 1. The van der Waals surface area contributed by atoms with E-state index < -0.39 is 17.4 Å². The number of carbonyl (C=O) groups is 2. The Morgan fingerprint density at radius 3 is 2.60 bits per heavy atom. The Kier molecular flexibility index (Phi) is 4.37. The highest BCUT2D eigenvalue weighted by Crippen LogP contribution is 2.47. The number of rotatable bonds is 4. The van der Waals surface area contributed by atoms with Gasteiger partial charge in [-0.05, 0) is 45.4 Å². The van der Waals surface area contributed by atoms with Gasteiger partial charge in [0, 0.05) is 6.61 Å². The number of ether oxygens (including phenoxy) is 2. The van der Waals surface area contributed by atoms with Crippen molar-refractivity contribution in [3.63, 3.8) is 0 Å². The maximum atomic E-state index is 12.2. The Labute approximate surface area is 119 Å². The second-order valence-corrected chi connectivity index (χ2v) is 6.16. The summed E-state index contributed by atoms with van der Waals surface area (Å²) in [4.78, 5) is 23.9. The number of carboxylic acid groups (broad SMARTS) is 1. The lowest BCUT2D eigenvalue weighted by Gasteiger charge is -2.43. The maximum absolute atomic E-state index is 12.2. The average Bonchev–Trinajstić information content (AvgIpc) is 2.85. The van der Waals surface area contributed by atoms with Gasteiger partial charge in [0.15, 0.2) is 5.41 Å². The number of carboxylic acids is 1. The Bertz CT molecular complexity index is 386. The minimum atomic E-state index is -1.46. The first-order chi connectivity index (χ1) is 9.44. The normalized spacial score (nSPS) is 28.0. The number of hydrogen-bond acceptors (Lipinski definition) is 4. The van der Waals surface area contributed by atoms with Gasteiger partial charge in [-0.15, -0.1) is 0 Å². The number of aliphatic carboxylic acids is 1. The van der Waals surface area contributed by atoms with Crippen LogP contribution in [0.15, 0.2) is 0 Å². The first-order valence-electron chi connectivity index (χ1n) is 7.49. The fourth-order valence-electron chi connectivity index (χ4n) is 3.60. The smallest absolute Gasteiger partial charge is 0.323 e. The van der Waals surface area contributed by atoms with E-state index >= 15 is 0 Å². The molecule has 20 heavy (non-hydrogen) atoms. The van der Waals surface area contributed by atoms with Gasteiger partial charge >= 0.3 is 11.9 Å². The first-order valence-corrected chi connectivity index (χ1v) is 7.49. The van der Waals surface area contributed by atoms with E-state index in [1.165, 1.54) is 6.92 Å². The third kappa shape index (κ3) is 2.55. The molecule has 2 atom stereocenters. The molecular weight excluding hydrogens is 260 g/mol. The van der Waals surface area contributed by atoms with Crippen LogP contribution in [0.3, 0.4) is 0 Å². The number of esters is 1. The summed E-state index contributed by atoms with van der Waals surface area (Å²) in [6.07, 6.45) is 5.44. The van der Waals surface area contributed by atoms with Crippen LogP contribution < -0.4 is 0 Å². The quantitative estimate of drug-likeness (QED) is 0.634. The lowest BCUT2D eigenvalue weighted by molar-refractivity contribution is -0.180. The van der Waals surface area contributed by atoms with Crippen molar-refractivity contribution in [1.29, 1.82) is 0 Å². The highest BCUT2D eigenvalue weighted by Gasteiger charge is 2.54. The van der Waals surface area contributed by atoms with Crippen LogP contribution >= 0.6 is 0 Å². The largest absolute Gasteiger partial charge is 0.480 e. The summed E-state index contributed by atoms with van der Waals surface area (Å²) in [6, 6.07) is 0. The molecule has 1 saturated heterocycles. The van der Waals surface area contributed by atoms with Crippen LogP contribution in [0.5, 0.6) is 0 Å². The van der Waals surface area contributed by atoms with Crippen LogP contribution in [0.25, 0.3) is 0 Å². The lowest BCUT2D eigenvalue weighted by atomic mass is 9.68. The van der Waals surface area contributed by atoms with Crippen molar-refractivity contribution in [2.24, 2.45) is 11.3 Å². The van der Waals surface area contributed by atoms with E-state index in [4.69, 9.17) is 9.47 Å². The van der Waals surface area contributed by atoms with E-state index in [1.807, 2.05) is 0 Å². The van der Waals surface area contributed by atoms with Crippen molar-refractivity contribution in [1.82, 2.24) is 0 Å². The van der Waals surface area contributed by atoms with Crippen molar-refractivity contribution in [3.05, 3.63) is 0 Å². The van der Waals surface area contributed by atoms with E-state index in [2.05, 4.69) is 0 Å².